The Bertz CT molecular complexity index is 543. The Morgan fingerprint density at radius 2 is 2.05 bits per heavy atom. The third kappa shape index (κ3) is 3.78. The molecule has 1 N–H and O–H groups in total. The molecule has 0 bridgehead atoms. The van der Waals surface area contributed by atoms with Crippen LogP contribution in [-0.4, -0.2) is 28.0 Å². The van der Waals surface area contributed by atoms with Gasteiger partial charge in [-0.25, -0.2) is 0 Å². The Kier molecular flexibility index (Phi) is 4.90. The molecule has 1 aromatic carbocycles. The van der Waals surface area contributed by atoms with Crippen LogP contribution in [0, 0.1) is 10.1 Å². The number of nitro groups is 1. The molecule has 1 saturated carbocycles. The molecule has 0 amide bonds. The number of ketones is 1. The molecule has 21 heavy (non-hydrogen) atoms. The fourth-order valence-corrected chi connectivity index (χ4v) is 2.56. The van der Waals surface area contributed by atoms with E-state index in [1.54, 1.807) is 0 Å². The molecule has 0 spiro atoms. The van der Waals surface area contributed by atoms with Gasteiger partial charge in [0.25, 0.3) is 5.69 Å². The van der Waals surface area contributed by atoms with Gasteiger partial charge in [-0.15, -0.1) is 0 Å². The minimum atomic E-state index is -0.567. The van der Waals surface area contributed by atoms with E-state index in [1.165, 1.54) is 25.1 Å². The number of carbonyl (C=O) groups is 1. The van der Waals surface area contributed by atoms with Gasteiger partial charge < -0.3 is 9.84 Å². The maximum absolute atomic E-state index is 11.7. The van der Waals surface area contributed by atoms with Crippen molar-refractivity contribution < 1.29 is 19.6 Å². The summed E-state index contributed by atoms with van der Waals surface area (Å²) < 4.78 is 5.78. The van der Waals surface area contributed by atoms with Gasteiger partial charge in [-0.3, -0.25) is 14.9 Å². The zero-order chi connectivity index (χ0) is 15.4. The van der Waals surface area contributed by atoms with Crippen LogP contribution in [0.4, 0.5) is 5.69 Å². The van der Waals surface area contributed by atoms with Crippen LogP contribution < -0.4 is 4.74 Å². The molecule has 2 rings (SSSR count). The zero-order valence-corrected chi connectivity index (χ0v) is 11.9. The molecule has 0 radical (unpaired) electrons. The van der Waals surface area contributed by atoms with E-state index < -0.39 is 11.0 Å². The molecule has 6 nitrogen and oxygen atoms in total. The van der Waals surface area contributed by atoms with E-state index in [2.05, 4.69) is 0 Å². The van der Waals surface area contributed by atoms with Gasteiger partial charge in [0.1, 0.15) is 11.9 Å². The van der Waals surface area contributed by atoms with Crippen LogP contribution in [0.25, 0.3) is 0 Å². The lowest BCUT2D eigenvalue weighted by Crippen LogP contribution is -2.31. The van der Waals surface area contributed by atoms with Crippen LogP contribution in [0.1, 0.15) is 49.4 Å². The van der Waals surface area contributed by atoms with Gasteiger partial charge in [-0.1, -0.05) is 12.8 Å². The first-order valence-electron chi connectivity index (χ1n) is 7.13. The number of ether oxygens (including phenoxy) is 1. The molecule has 1 aromatic rings. The molecule has 2 atom stereocenters. The SMILES string of the molecule is CC(=O)c1cc([N+](=O)[O-])ccc1OC1CCCCCC1O. The van der Waals surface area contributed by atoms with E-state index >= 15 is 0 Å². The molecule has 0 aliphatic heterocycles. The van der Waals surface area contributed by atoms with Gasteiger partial charge >= 0.3 is 0 Å². The number of non-ortho nitro benzene ring substituents is 1. The first-order valence-corrected chi connectivity index (χ1v) is 7.13. The predicted octanol–water partition coefficient (Wildman–Crippen LogP) is 2.87. The molecule has 0 heterocycles. The molecule has 114 valence electrons. The third-order valence-electron chi connectivity index (χ3n) is 3.75. The monoisotopic (exact) mass is 293 g/mol. The minimum Gasteiger partial charge on any atom is -0.487 e. The Morgan fingerprint density at radius 3 is 2.71 bits per heavy atom. The lowest BCUT2D eigenvalue weighted by molar-refractivity contribution is -0.384. The van der Waals surface area contributed by atoms with Crippen LogP contribution >= 0.6 is 0 Å². The van der Waals surface area contributed by atoms with Gasteiger partial charge in [-0.05, 0) is 32.3 Å². The highest BCUT2D eigenvalue weighted by Gasteiger charge is 2.25. The Hall–Kier alpha value is -1.95. The second kappa shape index (κ2) is 6.67. The number of nitro benzene ring substituents is 1. The van der Waals surface area contributed by atoms with E-state index in [9.17, 15) is 20.0 Å². The van der Waals surface area contributed by atoms with Crippen molar-refractivity contribution in [3.05, 3.63) is 33.9 Å². The lowest BCUT2D eigenvalue weighted by Gasteiger charge is -2.23. The van der Waals surface area contributed by atoms with Crippen molar-refractivity contribution in [2.24, 2.45) is 0 Å². The molecule has 1 fully saturated rings. The second-order valence-electron chi connectivity index (χ2n) is 5.36. The molecular weight excluding hydrogens is 274 g/mol. The molecule has 2 unspecified atom stereocenters. The summed E-state index contributed by atoms with van der Waals surface area (Å²) in [5.41, 5.74) is 0.0367. The molecule has 0 saturated heterocycles. The summed E-state index contributed by atoms with van der Waals surface area (Å²) in [5.74, 6) is 0.0101. The average Bonchev–Trinajstić information content (AvgIpc) is 2.64. The summed E-state index contributed by atoms with van der Waals surface area (Å²) in [4.78, 5) is 21.9. The van der Waals surface area contributed by atoms with Crippen LogP contribution in [-0.2, 0) is 0 Å². The van der Waals surface area contributed by atoms with Crippen molar-refractivity contribution in [3.63, 3.8) is 0 Å². The summed E-state index contributed by atoms with van der Waals surface area (Å²) >= 11 is 0. The highest BCUT2D eigenvalue weighted by molar-refractivity contribution is 5.97. The molecule has 1 aliphatic carbocycles. The average molecular weight is 293 g/mol. The predicted molar refractivity (Wildman–Crippen MR) is 76.6 cm³/mol. The highest BCUT2D eigenvalue weighted by atomic mass is 16.6. The van der Waals surface area contributed by atoms with E-state index in [4.69, 9.17) is 4.74 Å². The number of rotatable bonds is 4. The number of carbonyl (C=O) groups excluding carboxylic acids is 1. The topological polar surface area (TPSA) is 89.7 Å². The highest BCUT2D eigenvalue weighted by Crippen LogP contribution is 2.29. The van der Waals surface area contributed by atoms with Crippen molar-refractivity contribution in [2.75, 3.05) is 0 Å². The zero-order valence-electron chi connectivity index (χ0n) is 11.9. The first kappa shape index (κ1) is 15.4. The Balaban J connectivity index is 2.26. The van der Waals surface area contributed by atoms with Crippen molar-refractivity contribution in [2.45, 2.75) is 51.2 Å². The lowest BCUT2D eigenvalue weighted by atomic mass is 10.1. The van der Waals surface area contributed by atoms with Crippen LogP contribution in [0.5, 0.6) is 5.75 Å². The number of hydrogen-bond acceptors (Lipinski definition) is 5. The fraction of sp³-hybridized carbons (Fsp3) is 0.533. The third-order valence-corrected chi connectivity index (χ3v) is 3.75. The van der Waals surface area contributed by atoms with E-state index in [-0.39, 0.29) is 23.1 Å². The largest absolute Gasteiger partial charge is 0.487 e. The number of hydrogen-bond donors (Lipinski definition) is 1. The number of aliphatic hydroxyl groups is 1. The smallest absolute Gasteiger partial charge is 0.270 e. The van der Waals surface area contributed by atoms with E-state index in [1.807, 2.05) is 0 Å². The van der Waals surface area contributed by atoms with Gasteiger partial charge in [0, 0.05) is 12.1 Å². The van der Waals surface area contributed by atoms with Crippen LogP contribution in [0.15, 0.2) is 18.2 Å². The summed E-state index contributed by atoms with van der Waals surface area (Å²) in [6.07, 6.45) is 3.43. The van der Waals surface area contributed by atoms with Gasteiger partial charge in [0.15, 0.2) is 5.78 Å². The summed E-state index contributed by atoms with van der Waals surface area (Å²) in [7, 11) is 0. The summed E-state index contributed by atoms with van der Waals surface area (Å²) in [5, 5.41) is 20.9. The quantitative estimate of drug-likeness (QED) is 0.399. The molecule has 0 aromatic heterocycles. The fourth-order valence-electron chi connectivity index (χ4n) is 2.56. The van der Waals surface area contributed by atoms with Crippen molar-refractivity contribution >= 4 is 11.5 Å². The van der Waals surface area contributed by atoms with Crippen molar-refractivity contribution in [1.82, 2.24) is 0 Å². The van der Waals surface area contributed by atoms with Crippen LogP contribution in [0.2, 0.25) is 0 Å². The van der Waals surface area contributed by atoms with Crippen LogP contribution in [0.3, 0.4) is 0 Å². The van der Waals surface area contributed by atoms with E-state index in [0.717, 1.165) is 25.7 Å². The number of Topliss-reactive ketones (excluding diaryl/α,β-unsaturated/α-hetero) is 1. The summed E-state index contributed by atoms with van der Waals surface area (Å²) in [6, 6.07) is 3.97. The molecular formula is C15H19NO5. The first-order chi connectivity index (χ1) is 9.99. The standard InChI is InChI=1S/C15H19NO5/c1-10(17)12-9-11(16(19)20)7-8-14(12)21-15-6-4-2-3-5-13(15)18/h7-9,13,15,18H,2-6H2,1H3. The van der Waals surface area contributed by atoms with E-state index in [0.29, 0.717) is 12.2 Å². The summed E-state index contributed by atoms with van der Waals surface area (Å²) in [6.45, 7) is 1.34. The number of nitrogens with zero attached hydrogens (tertiary/aromatic N) is 1. The Morgan fingerprint density at radius 1 is 1.33 bits per heavy atom. The number of benzene rings is 1. The minimum absolute atomic E-state index is 0.144. The van der Waals surface area contributed by atoms with Gasteiger partial charge in [-0.2, -0.15) is 0 Å². The van der Waals surface area contributed by atoms with Crippen molar-refractivity contribution in [3.8, 4) is 5.75 Å². The molecule has 1 aliphatic rings. The van der Waals surface area contributed by atoms with Gasteiger partial charge in [0.05, 0.1) is 16.6 Å². The molecule has 6 heteroatoms. The van der Waals surface area contributed by atoms with Crippen molar-refractivity contribution in [1.29, 1.82) is 0 Å². The number of aliphatic hydroxyl groups excluding tert-OH is 1. The maximum Gasteiger partial charge on any atom is 0.270 e. The maximum atomic E-state index is 11.7. The normalized spacial score (nSPS) is 22.4. The van der Waals surface area contributed by atoms with Gasteiger partial charge in [0.2, 0.25) is 0 Å². The Labute approximate surface area is 122 Å². The second-order valence-corrected chi connectivity index (χ2v) is 5.36.